The molecule has 10 atom stereocenters. The molecule has 2 fully saturated rings. The van der Waals surface area contributed by atoms with Gasteiger partial charge < -0.3 is 84.6 Å². The first kappa shape index (κ1) is 37.4. The Morgan fingerprint density at radius 2 is 1.51 bits per heavy atom. The summed E-state index contributed by atoms with van der Waals surface area (Å²) in [7, 11) is 0. The van der Waals surface area contributed by atoms with Gasteiger partial charge in [0.05, 0.1) is 18.2 Å². The molecule has 3 heterocycles. The van der Waals surface area contributed by atoms with Gasteiger partial charge in [0, 0.05) is 18.2 Å². The predicted molar refractivity (Wildman–Crippen MR) is 176 cm³/mol. The summed E-state index contributed by atoms with van der Waals surface area (Å²) < 4.78 is 33.1. The molecule has 284 valence electrons. The lowest BCUT2D eigenvalue weighted by Crippen LogP contribution is -2.63. The third kappa shape index (κ3) is 8.04. The van der Waals surface area contributed by atoms with Gasteiger partial charge >= 0.3 is 5.97 Å². The van der Waals surface area contributed by atoms with Crippen LogP contribution in [0.4, 0.5) is 0 Å². The van der Waals surface area contributed by atoms with Gasteiger partial charge in [-0.1, -0.05) is 6.07 Å². The van der Waals surface area contributed by atoms with Crippen LogP contribution in [0.25, 0.3) is 12.2 Å². The summed E-state index contributed by atoms with van der Waals surface area (Å²) in [4.78, 5) is 12.6. The molecular weight excluding hydrogens is 708 g/mol. The maximum atomic E-state index is 12.6. The van der Waals surface area contributed by atoms with Crippen molar-refractivity contribution in [3.8, 4) is 40.2 Å². The third-order valence-corrected chi connectivity index (χ3v) is 8.70. The molecule has 6 rings (SSSR count). The van der Waals surface area contributed by atoms with E-state index in [4.69, 9.17) is 23.7 Å². The second-order valence-corrected chi connectivity index (χ2v) is 12.4. The lowest BCUT2D eigenvalue weighted by Gasteiger charge is -2.45. The van der Waals surface area contributed by atoms with Crippen molar-refractivity contribution in [2.75, 3.05) is 13.2 Å². The largest absolute Gasteiger partial charge is 0.571 e. The Labute approximate surface area is 299 Å². The maximum absolute atomic E-state index is 12.6. The molecule has 0 radical (unpaired) electrons. The Morgan fingerprint density at radius 1 is 0.792 bits per heavy atom. The van der Waals surface area contributed by atoms with Crippen LogP contribution in [0.5, 0.6) is 40.2 Å². The number of hydrogen-bond acceptors (Lipinski definition) is 17. The Morgan fingerprint density at radius 3 is 2.23 bits per heavy atom. The molecule has 0 aliphatic carbocycles. The van der Waals surface area contributed by atoms with Crippen LogP contribution in [0.3, 0.4) is 0 Å². The van der Waals surface area contributed by atoms with E-state index in [0.717, 1.165) is 12.1 Å². The van der Waals surface area contributed by atoms with E-state index in [9.17, 15) is 61.0 Å². The van der Waals surface area contributed by atoms with Gasteiger partial charge in [-0.2, -0.15) is 0 Å². The lowest BCUT2D eigenvalue weighted by molar-refractivity contribution is -0.353. The number of esters is 1. The van der Waals surface area contributed by atoms with Crippen molar-refractivity contribution < 1.29 is 89.4 Å². The van der Waals surface area contributed by atoms with Crippen LogP contribution in [0.15, 0.2) is 60.4 Å². The van der Waals surface area contributed by atoms with Crippen LogP contribution in [-0.4, -0.2) is 135 Å². The second kappa shape index (κ2) is 15.3. The third-order valence-electron chi connectivity index (χ3n) is 8.70. The molecule has 0 spiro atoms. The molecule has 10 unspecified atom stereocenters. The number of ether oxygens (including phenoxy) is 6. The molecule has 0 bridgehead atoms. The zero-order chi connectivity index (χ0) is 38.1. The van der Waals surface area contributed by atoms with Crippen LogP contribution in [0.2, 0.25) is 0 Å². The Kier molecular flexibility index (Phi) is 10.8. The van der Waals surface area contributed by atoms with Gasteiger partial charge in [-0.3, -0.25) is 0 Å². The number of aliphatic hydroxyl groups is 6. The smallest absolute Gasteiger partial charge is 0.330 e. The first-order valence-corrected chi connectivity index (χ1v) is 16.1. The second-order valence-electron chi connectivity index (χ2n) is 12.4. The quantitative estimate of drug-likeness (QED) is 0.0585. The summed E-state index contributed by atoms with van der Waals surface area (Å²) in [5.74, 6) is -3.42. The van der Waals surface area contributed by atoms with Crippen molar-refractivity contribution >= 4 is 18.1 Å². The zero-order valence-electron chi connectivity index (χ0n) is 27.4. The van der Waals surface area contributed by atoms with Gasteiger partial charge in [0.25, 0.3) is 11.9 Å². The highest BCUT2D eigenvalue weighted by Gasteiger charge is 2.51. The minimum atomic E-state index is -1.91. The first-order chi connectivity index (χ1) is 25.2. The number of benzene rings is 3. The number of aromatic hydroxyl groups is 7. The molecule has 3 aromatic carbocycles. The molecule has 0 aromatic heterocycles. The van der Waals surface area contributed by atoms with E-state index >= 15 is 0 Å². The summed E-state index contributed by atoms with van der Waals surface area (Å²) in [5.41, 5.74) is 0.648. The standard InChI is InChI=1S/C35H36O18/c36-16-9-20(39)17-11-25(32(50-24(17)10-16)15-3-5-19(38)22(41)8-15)51-35-33(53-34-31(47)28(44)23(42)12-49-34)30(46)29(45)26(52-35)13-48-27(43)6-2-14-1-4-18(37)21(40)7-14/h1-11,23,26,28-42,44-47H,12-13H2/p+1. The van der Waals surface area contributed by atoms with Crippen molar-refractivity contribution in [2.45, 2.75) is 61.4 Å². The minimum Gasteiger partial charge on any atom is -0.571 e. The molecule has 12 N–H and O–H groups in total. The van der Waals surface area contributed by atoms with Crippen LogP contribution >= 0.6 is 0 Å². The van der Waals surface area contributed by atoms with E-state index < -0.39 is 104 Å². The van der Waals surface area contributed by atoms with Crippen molar-refractivity contribution in [1.82, 2.24) is 0 Å². The van der Waals surface area contributed by atoms with Crippen LogP contribution in [0.1, 0.15) is 22.8 Å². The first-order valence-electron chi connectivity index (χ1n) is 16.1. The number of phenols is 6. The van der Waals surface area contributed by atoms with E-state index in [1.165, 1.54) is 54.6 Å². The van der Waals surface area contributed by atoms with Crippen molar-refractivity contribution in [3.63, 3.8) is 0 Å². The number of hydrogen-bond donors (Lipinski definition) is 11. The number of carbonyl (C=O) groups is 1. The Hall–Kier alpha value is -5.31. The fourth-order valence-corrected chi connectivity index (χ4v) is 5.83. The molecule has 18 nitrogen and oxygen atoms in total. The monoisotopic (exact) mass is 745 g/mol. The number of rotatable bonds is 9. The van der Waals surface area contributed by atoms with Gasteiger partial charge in [-0.05, 0) is 42.0 Å². The van der Waals surface area contributed by atoms with Gasteiger partial charge in [0.1, 0.15) is 60.3 Å². The number of phenolic OH excluding ortho intramolecular Hbond substituents is 6. The summed E-state index contributed by atoms with van der Waals surface area (Å²) in [5, 5.41) is 113. The van der Waals surface area contributed by atoms with Gasteiger partial charge in [0.15, 0.2) is 41.2 Å². The molecule has 0 saturated carbocycles. The van der Waals surface area contributed by atoms with Gasteiger partial charge in [-0.15, -0.1) is 0 Å². The molecule has 53 heavy (non-hydrogen) atoms. The number of aliphatic hydroxyl groups excluding tert-OH is 5. The summed E-state index contributed by atoms with van der Waals surface area (Å²) in [6, 6.07) is 9.87. The lowest BCUT2D eigenvalue weighted by atomic mass is 9.97. The van der Waals surface area contributed by atoms with Crippen molar-refractivity contribution in [3.05, 3.63) is 77.1 Å². The normalized spacial score (nSPS) is 29.9. The van der Waals surface area contributed by atoms with Gasteiger partial charge in [0.2, 0.25) is 6.29 Å². The average molecular weight is 746 g/mol. The summed E-state index contributed by atoms with van der Waals surface area (Å²) >= 11 is 0. The fourth-order valence-electron chi connectivity index (χ4n) is 5.83. The van der Waals surface area contributed by atoms with E-state index in [2.05, 4.69) is 4.74 Å². The molecule has 3 aromatic rings. The predicted octanol–water partition coefficient (Wildman–Crippen LogP) is -0.199. The topological polar surface area (TPSA) is 299 Å². The van der Waals surface area contributed by atoms with E-state index in [1.807, 2.05) is 0 Å². The summed E-state index contributed by atoms with van der Waals surface area (Å²) in [6.07, 6.45) is -13.0. The highest BCUT2D eigenvalue weighted by molar-refractivity contribution is 5.87. The van der Waals surface area contributed by atoms with Gasteiger partial charge in [-0.25, -0.2) is 4.79 Å². The Bertz CT molecular complexity index is 1880. The molecule has 18 heteroatoms. The summed E-state index contributed by atoms with van der Waals surface area (Å²) in [6.45, 7) is -1.14. The van der Waals surface area contributed by atoms with Crippen LogP contribution < -0.4 is 0 Å². The maximum Gasteiger partial charge on any atom is 0.330 e. The number of fused-ring (bicyclic) bond motifs is 1. The van der Waals surface area contributed by atoms with E-state index in [-0.39, 0.29) is 34.1 Å². The molecule has 0 amide bonds. The molecule has 2 saturated heterocycles. The van der Waals surface area contributed by atoms with E-state index in [1.54, 1.807) is 0 Å². The Balaban J connectivity index is 1.30. The zero-order valence-corrected chi connectivity index (χ0v) is 27.4. The van der Waals surface area contributed by atoms with Crippen LogP contribution in [-0.2, 0) is 28.5 Å². The molecular formula is C35H37O18+. The fraction of sp³-hybridized carbons (Fsp3) is 0.343. The molecule has 3 aliphatic heterocycles. The number of carbonyl (C=O) groups excluding carboxylic acids is 1. The molecule has 3 aliphatic rings. The van der Waals surface area contributed by atoms with Crippen molar-refractivity contribution in [2.24, 2.45) is 0 Å². The van der Waals surface area contributed by atoms with Crippen LogP contribution in [0, 0.1) is 0 Å². The van der Waals surface area contributed by atoms with Crippen molar-refractivity contribution in [1.29, 1.82) is 0 Å². The average Bonchev–Trinajstić information content (AvgIpc) is 3.12. The minimum absolute atomic E-state index is 0.0771. The van der Waals surface area contributed by atoms with E-state index in [0.29, 0.717) is 5.56 Å². The highest BCUT2D eigenvalue weighted by atomic mass is 16.8. The SMILES string of the molecule is O=C(C=Cc1ccc(O)c(O)c1)OCC1OC(OC2=Cc3c(O)cc(O)cc3[OH+]C2c2ccc(O)c(O)c2)C(OC2OCC(O)C(O)C2O)C(O)C1O. The highest BCUT2D eigenvalue weighted by Crippen LogP contribution is 2.46.